The van der Waals surface area contributed by atoms with Crippen LogP contribution in [0.1, 0.15) is 39.4 Å². The Balaban J connectivity index is 2.16. The zero-order chi connectivity index (χ0) is 15.5. The lowest BCUT2D eigenvalue weighted by atomic mass is 10.1. The van der Waals surface area contributed by atoms with Crippen LogP contribution in [0.25, 0.3) is 5.69 Å². The van der Waals surface area contributed by atoms with Crippen molar-refractivity contribution in [3.05, 3.63) is 42.2 Å². The molecule has 5 nitrogen and oxygen atoms in total. The van der Waals surface area contributed by atoms with Crippen LogP contribution in [0.2, 0.25) is 0 Å². The Bertz CT molecular complexity index is 559. The summed E-state index contributed by atoms with van der Waals surface area (Å²) in [5.74, 6) is 0. The van der Waals surface area contributed by atoms with Crippen molar-refractivity contribution in [3.8, 4) is 5.69 Å². The van der Waals surface area contributed by atoms with Gasteiger partial charge in [0.2, 0.25) is 0 Å². The molecule has 0 aliphatic carbocycles. The van der Waals surface area contributed by atoms with Crippen LogP contribution in [0.5, 0.6) is 0 Å². The molecule has 1 aromatic carbocycles. The topological polar surface area (TPSA) is 54.2 Å². The van der Waals surface area contributed by atoms with E-state index in [1.54, 1.807) is 4.68 Å². The van der Waals surface area contributed by atoms with Crippen LogP contribution < -0.4 is 0 Å². The van der Waals surface area contributed by atoms with Crippen LogP contribution in [0, 0.1) is 0 Å². The van der Waals surface area contributed by atoms with Crippen molar-refractivity contribution in [2.24, 2.45) is 0 Å². The summed E-state index contributed by atoms with van der Waals surface area (Å²) in [6.07, 6.45) is 1.95. The normalized spacial score (nSPS) is 13.6. The summed E-state index contributed by atoms with van der Waals surface area (Å²) in [6.45, 7) is 9.27. The van der Waals surface area contributed by atoms with Crippen molar-refractivity contribution in [1.29, 1.82) is 0 Å². The van der Waals surface area contributed by atoms with Gasteiger partial charge in [-0.2, -0.15) is 0 Å². The molecule has 2 rings (SSSR count). The van der Waals surface area contributed by atoms with Crippen molar-refractivity contribution in [2.45, 2.75) is 39.3 Å². The molecular weight excluding hydrogens is 264 g/mol. The Morgan fingerprint density at radius 3 is 2.52 bits per heavy atom. The number of benzene rings is 1. The molecule has 0 radical (unpaired) electrons. The van der Waals surface area contributed by atoms with E-state index in [0.29, 0.717) is 6.54 Å². The van der Waals surface area contributed by atoms with Crippen LogP contribution >= 0.6 is 0 Å². The van der Waals surface area contributed by atoms with Gasteiger partial charge in [0.25, 0.3) is 0 Å². The van der Waals surface area contributed by atoms with E-state index in [2.05, 4.69) is 29.1 Å². The van der Waals surface area contributed by atoms with E-state index in [1.807, 2.05) is 50.4 Å². The number of nitrogens with zero attached hydrogens (tertiary/aromatic N) is 4. The molecule has 1 aromatic heterocycles. The summed E-state index contributed by atoms with van der Waals surface area (Å²) >= 11 is 0. The second kappa shape index (κ2) is 6.37. The second-order valence-corrected chi connectivity index (χ2v) is 5.98. The van der Waals surface area contributed by atoms with E-state index in [1.165, 1.54) is 0 Å². The fourth-order valence-corrected chi connectivity index (χ4v) is 2.38. The quantitative estimate of drug-likeness (QED) is 0.887. The van der Waals surface area contributed by atoms with E-state index in [9.17, 15) is 5.11 Å². The maximum atomic E-state index is 10.0. The Morgan fingerprint density at radius 2 is 1.95 bits per heavy atom. The lowest BCUT2D eigenvalue weighted by molar-refractivity contribution is 0.0243. The van der Waals surface area contributed by atoms with Gasteiger partial charge in [-0.05, 0) is 39.4 Å². The van der Waals surface area contributed by atoms with Crippen LogP contribution in [-0.4, -0.2) is 43.7 Å². The van der Waals surface area contributed by atoms with Gasteiger partial charge >= 0.3 is 0 Å². The van der Waals surface area contributed by atoms with E-state index < -0.39 is 5.60 Å². The van der Waals surface area contributed by atoms with Crippen LogP contribution in [0.3, 0.4) is 0 Å². The van der Waals surface area contributed by atoms with Gasteiger partial charge < -0.3 is 5.11 Å². The Hall–Kier alpha value is -1.72. The van der Waals surface area contributed by atoms with Gasteiger partial charge in [-0.1, -0.05) is 30.3 Å². The number of aliphatic hydroxyl groups is 1. The number of hydrogen-bond donors (Lipinski definition) is 1. The molecule has 0 fully saturated rings. The first-order valence-corrected chi connectivity index (χ1v) is 7.35. The molecule has 1 heterocycles. The summed E-state index contributed by atoms with van der Waals surface area (Å²) in [6, 6.07) is 10.0. The summed E-state index contributed by atoms with van der Waals surface area (Å²) in [5.41, 5.74) is 1.18. The SMILES string of the molecule is CCN(CC(C)(C)O)C(C)c1cn(-c2ccccc2)nn1. The van der Waals surface area contributed by atoms with Gasteiger partial charge in [0.05, 0.1) is 29.2 Å². The highest BCUT2D eigenvalue weighted by Gasteiger charge is 2.23. The molecule has 1 N–H and O–H groups in total. The molecule has 2 aromatic rings. The van der Waals surface area contributed by atoms with Gasteiger partial charge in [0, 0.05) is 6.54 Å². The maximum absolute atomic E-state index is 10.0. The fraction of sp³-hybridized carbons (Fsp3) is 0.500. The highest BCUT2D eigenvalue weighted by molar-refractivity contribution is 5.30. The molecule has 0 aliphatic heterocycles. The number of hydrogen-bond acceptors (Lipinski definition) is 4. The summed E-state index contributed by atoms with van der Waals surface area (Å²) in [5, 5.41) is 18.5. The molecule has 21 heavy (non-hydrogen) atoms. The minimum atomic E-state index is -0.723. The van der Waals surface area contributed by atoms with Gasteiger partial charge in [-0.25, -0.2) is 4.68 Å². The lowest BCUT2D eigenvalue weighted by Crippen LogP contribution is -2.40. The summed E-state index contributed by atoms with van der Waals surface area (Å²) in [4.78, 5) is 2.19. The van der Waals surface area contributed by atoms with E-state index in [4.69, 9.17) is 0 Å². The van der Waals surface area contributed by atoms with Gasteiger partial charge in [-0.3, -0.25) is 4.90 Å². The molecule has 0 aliphatic rings. The highest BCUT2D eigenvalue weighted by Crippen LogP contribution is 2.20. The lowest BCUT2D eigenvalue weighted by Gasteiger charge is -2.31. The first-order chi connectivity index (χ1) is 9.90. The molecule has 5 heteroatoms. The van der Waals surface area contributed by atoms with E-state index >= 15 is 0 Å². The summed E-state index contributed by atoms with van der Waals surface area (Å²) in [7, 11) is 0. The Labute approximate surface area is 126 Å². The number of para-hydroxylation sites is 1. The second-order valence-electron chi connectivity index (χ2n) is 5.98. The van der Waals surface area contributed by atoms with Crippen molar-refractivity contribution in [1.82, 2.24) is 19.9 Å². The molecule has 0 saturated heterocycles. The summed E-state index contributed by atoms with van der Waals surface area (Å²) < 4.78 is 1.78. The van der Waals surface area contributed by atoms with Crippen molar-refractivity contribution in [2.75, 3.05) is 13.1 Å². The molecule has 0 saturated carbocycles. The smallest absolute Gasteiger partial charge is 0.1000 e. The average Bonchev–Trinajstić information content (AvgIpc) is 2.94. The molecule has 114 valence electrons. The molecular formula is C16H24N4O. The third kappa shape index (κ3) is 4.12. The third-order valence-corrected chi connectivity index (χ3v) is 3.50. The Morgan fingerprint density at radius 1 is 1.29 bits per heavy atom. The largest absolute Gasteiger partial charge is 0.389 e. The first-order valence-electron chi connectivity index (χ1n) is 7.35. The van der Waals surface area contributed by atoms with Crippen LogP contribution in [0.4, 0.5) is 0 Å². The number of rotatable bonds is 6. The first kappa shape index (κ1) is 15.7. The number of likely N-dealkylation sites (N-methyl/N-ethyl adjacent to an activating group) is 1. The highest BCUT2D eigenvalue weighted by atomic mass is 16.3. The minimum absolute atomic E-state index is 0.110. The minimum Gasteiger partial charge on any atom is -0.389 e. The molecule has 1 atom stereocenters. The average molecular weight is 288 g/mol. The van der Waals surface area contributed by atoms with Gasteiger partial charge in [-0.15, -0.1) is 5.10 Å². The van der Waals surface area contributed by atoms with E-state index in [-0.39, 0.29) is 6.04 Å². The van der Waals surface area contributed by atoms with Crippen LogP contribution in [-0.2, 0) is 0 Å². The molecule has 0 spiro atoms. The number of aromatic nitrogens is 3. The fourth-order valence-electron chi connectivity index (χ4n) is 2.38. The molecule has 0 amide bonds. The van der Waals surface area contributed by atoms with Gasteiger partial charge in [0.15, 0.2) is 0 Å². The molecule has 0 bridgehead atoms. The monoisotopic (exact) mass is 288 g/mol. The predicted molar refractivity (Wildman–Crippen MR) is 83.3 cm³/mol. The zero-order valence-corrected chi connectivity index (χ0v) is 13.2. The molecule has 1 unspecified atom stereocenters. The third-order valence-electron chi connectivity index (χ3n) is 3.50. The predicted octanol–water partition coefficient (Wildman–Crippen LogP) is 2.42. The zero-order valence-electron chi connectivity index (χ0n) is 13.2. The Kier molecular flexibility index (Phi) is 4.75. The van der Waals surface area contributed by atoms with E-state index in [0.717, 1.165) is 17.9 Å². The van der Waals surface area contributed by atoms with Gasteiger partial charge in [0.1, 0.15) is 0 Å². The maximum Gasteiger partial charge on any atom is 0.1000 e. The standard InChI is InChI=1S/C16H24N4O/c1-5-19(12-16(3,4)21)13(2)15-11-20(18-17-15)14-9-7-6-8-10-14/h6-11,13,21H,5,12H2,1-4H3. The van der Waals surface area contributed by atoms with Crippen molar-refractivity contribution < 1.29 is 5.11 Å². The van der Waals surface area contributed by atoms with Crippen LogP contribution in [0.15, 0.2) is 36.5 Å². The van der Waals surface area contributed by atoms with Crippen molar-refractivity contribution in [3.63, 3.8) is 0 Å². The van der Waals surface area contributed by atoms with Crippen molar-refractivity contribution >= 4 is 0 Å².